The summed E-state index contributed by atoms with van der Waals surface area (Å²) in [5, 5.41) is 18.7. The molecule has 1 fully saturated rings. The predicted octanol–water partition coefficient (Wildman–Crippen LogP) is 2.09. The summed E-state index contributed by atoms with van der Waals surface area (Å²) in [5.74, 6) is 0.994. The van der Waals surface area contributed by atoms with Crippen molar-refractivity contribution in [3.8, 4) is 0 Å². The lowest BCUT2D eigenvalue weighted by Crippen LogP contribution is -2.24. The SMILES string of the molecule is CCC(O)C(O)CCCCC1CC1. The lowest BCUT2D eigenvalue weighted by Gasteiger charge is -2.15. The zero-order valence-corrected chi connectivity index (χ0v) is 8.58. The van der Waals surface area contributed by atoms with Crippen LogP contribution in [0.3, 0.4) is 0 Å². The van der Waals surface area contributed by atoms with E-state index < -0.39 is 12.2 Å². The summed E-state index contributed by atoms with van der Waals surface area (Å²) in [6, 6.07) is 0. The van der Waals surface area contributed by atoms with E-state index in [0.717, 1.165) is 18.8 Å². The maximum absolute atomic E-state index is 9.45. The quantitative estimate of drug-likeness (QED) is 0.598. The highest BCUT2D eigenvalue weighted by atomic mass is 16.3. The van der Waals surface area contributed by atoms with Crippen molar-refractivity contribution in [3.05, 3.63) is 0 Å². The van der Waals surface area contributed by atoms with Crippen LogP contribution in [0.5, 0.6) is 0 Å². The van der Waals surface area contributed by atoms with Gasteiger partial charge in [0.15, 0.2) is 0 Å². The Morgan fingerprint density at radius 1 is 1.15 bits per heavy atom. The van der Waals surface area contributed by atoms with Crippen molar-refractivity contribution in [1.29, 1.82) is 0 Å². The number of aliphatic hydroxyl groups excluding tert-OH is 2. The van der Waals surface area contributed by atoms with Crippen LogP contribution in [-0.4, -0.2) is 22.4 Å². The van der Waals surface area contributed by atoms with Crippen LogP contribution < -0.4 is 0 Å². The van der Waals surface area contributed by atoms with Gasteiger partial charge < -0.3 is 10.2 Å². The summed E-state index contributed by atoms with van der Waals surface area (Å²) >= 11 is 0. The van der Waals surface area contributed by atoms with E-state index in [4.69, 9.17) is 0 Å². The molecule has 2 atom stereocenters. The Kier molecular flexibility index (Phi) is 4.74. The second kappa shape index (κ2) is 5.61. The molecule has 2 heteroatoms. The zero-order chi connectivity index (χ0) is 9.68. The largest absolute Gasteiger partial charge is 0.390 e. The summed E-state index contributed by atoms with van der Waals surface area (Å²) in [6.45, 7) is 1.90. The molecule has 2 nitrogen and oxygen atoms in total. The lowest BCUT2D eigenvalue weighted by molar-refractivity contribution is 0.0113. The third kappa shape index (κ3) is 4.63. The van der Waals surface area contributed by atoms with E-state index in [2.05, 4.69) is 0 Å². The third-order valence-electron chi connectivity index (χ3n) is 2.92. The number of aliphatic hydroxyl groups is 2. The van der Waals surface area contributed by atoms with Gasteiger partial charge >= 0.3 is 0 Å². The molecule has 2 unspecified atom stereocenters. The molecule has 0 aromatic carbocycles. The maximum atomic E-state index is 9.45. The average Bonchev–Trinajstić information content (AvgIpc) is 2.94. The Hall–Kier alpha value is -0.0800. The van der Waals surface area contributed by atoms with Gasteiger partial charge in [-0.15, -0.1) is 0 Å². The molecule has 0 saturated heterocycles. The van der Waals surface area contributed by atoms with Gasteiger partial charge in [0.05, 0.1) is 12.2 Å². The van der Waals surface area contributed by atoms with Crippen molar-refractivity contribution in [1.82, 2.24) is 0 Å². The summed E-state index contributed by atoms with van der Waals surface area (Å²) in [4.78, 5) is 0. The lowest BCUT2D eigenvalue weighted by atomic mass is 10.0. The third-order valence-corrected chi connectivity index (χ3v) is 2.92. The van der Waals surface area contributed by atoms with E-state index in [1.54, 1.807) is 0 Å². The number of hydrogen-bond acceptors (Lipinski definition) is 2. The summed E-state index contributed by atoms with van der Waals surface area (Å²) < 4.78 is 0. The van der Waals surface area contributed by atoms with Gasteiger partial charge in [-0.05, 0) is 18.8 Å². The van der Waals surface area contributed by atoms with Gasteiger partial charge in [-0.3, -0.25) is 0 Å². The highest BCUT2D eigenvalue weighted by Gasteiger charge is 2.20. The van der Waals surface area contributed by atoms with Crippen LogP contribution in [0.2, 0.25) is 0 Å². The van der Waals surface area contributed by atoms with Crippen molar-refractivity contribution >= 4 is 0 Å². The molecule has 2 N–H and O–H groups in total. The number of unbranched alkanes of at least 4 members (excludes halogenated alkanes) is 1. The normalized spacial score (nSPS) is 21.5. The molecule has 0 bridgehead atoms. The van der Waals surface area contributed by atoms with Crippen LogP contribution in [0.4, 0.5) is 0 Å². The van der Waals surface area contributed by atoms with Crippen molar-refractivity contribution in [2.45, 2.75) is 64.1 Å². The van der Waals surface area contributed by atoms with Crippen LogP contribution in [0, 0.1) is 5.92 Å². The monoisotopic (exact) mass is 186 g/mol. The molecule has 1 aliphatic rings. The van der Waals surface area contributed by atoms with E-state index in [-0.39, 0.29) is 0 Å². The Balaban J connectivity index is 1.90. The maximum Gasteiger partial charge on any atom is 0.0799 e. The smallest absolute Gasteiger partial charge is 0.0799 e. The highest BCUT2D eigenvalue weighted by molar-refractivity contribution is 4.73. The molecular weight excluding hydrogens is 164 g/mol. The van der Waals surface area contributed by atoms with Crippen LogP contribution in [0.25, 0.3) is 0 Å². The molecule has 0 heterocycles. The fourth-order valence-corrected chi connectivity index (χ4v) is 1.66. The van der Waals surface area contributed by atoms with Gasteiger partial charge in [-0.1, -0.05) is 39.0 Å². The van der Waals surface area contributed by atoms with Crippen molar-refractivity contribution < 1.29 is 10.2 Å². The van der Waals surface area contributed by atoms with Gasteiger partial charge in [0, 0.05) is 0 Å². The topological polar surface area (TPSA) is 40.5 Å². The van der Waals surface area contributed by atoms with E-state index in [1.807, 2.05) is 6.92 Å². The summed E-state index contributed by atoms with van der Waals surface area (Å²) in [6.07, 6.45) is 6.86. The van der Waals surface area contributed by atoms with Crippen molar-refractivity contribution in [2.24, 2.45) is 5.92 Å². The van der Waals surface area contributed by atoms with E-state index in [9.17, 15) is 10.2 Å². The molecule has 0 aromatic rings. The molecule has 1 saturated carbocycles. The fourth-order valence-electron chi connectivity index (χ4n) is 1.66. The van der Waals surface area contributed by atoms with Gasteiger partial charge in [0.25, 0.3) is 0 Å². The molecule has 1 aliphatic carbocycles. The second-order valence-corrected chi connectivity index (χ2v) is 4.27. The van der Waals surface area contributed by atoms with Crippen LogP contribution in [0.15, 0.2) is 0 Å². The minimum atomic E-state index is -0.513. The first-order valence-corrected chi connectivity index (χ1v) is 5.60. The van der Waals surface area contributed by atoms with Crippen LogP contribution in [-0.2, 0) is 0 Å². The first-order valence-electron chi connectivity index (χ1n) is 5.60. The minimum absolute atomic E-state index is 0.496. The van der Waals surface area contributed by atoms with E-state index >= 15 is 0 Å². The first kappa shape index (κ1) is 11.0. The van der Waals surface area contributed by atoms with Gasteiger partial charge in [-0.2, -0.15) is 0 Å². The fraction of sp³-hybridized carbons (Fsp3) is 1.00. The standard InChI is InChI=1S/C11H22O2/c1-2-10(12)11(13)6-4-3-5-9-7-8-9/h9-13H,2-8H2,1H3. The Bertz CT molecular complexity index is 132. The minimum Gasteiger partial charge on any atom is -0.390 e. The predicted molar refractivity (Wildman–Crippen MR) is 53.5 cm³/mol. The highest BCUT2D eigenvalue weighted by Crippen LogP contribution is 2.34. The van der Waals surface area contributed by atoms with Crippen molar-refractivity contribution in [2.75, 3.05) is 0 Å². The number of rotatable bonds is 7. The molecular formula is C11H22O2. The molecule has 0 aromatic heterocycles. The Labute approximate surface area is 81.0 Å². The van der Waals surface area contributed by atoms with Crippen molar-refractivity contribution in [3.63, 3.8) is 0 Å². The number of hydrogen-bond donors (Lipinski definition) is 2. The van der Waals surface area contributed by atoms with Gasteiger partial charge in [-0.25, -0.2) is 0 Å². The molecule has 0 radical (unpaired) electrons. The Morgan fingerprint density at radius 3 is 2.38 bits per heavy atom. The van der Waals surface area contributed by atoms with Crippen LogP contribution >= 0.6 is 0 Å². The zero-order valence-electron chi connectivity index (χ0n) is 8.58. The molecule has 13 heavy (non-hydrogen) atoms. The Morgan fingerprint density at radius 2 is 1.85 bits per heavy atom. The van der Waals surface area contributed by atoms with Gasteiger partial charge in [0.2, 0.25) is 0 Å². The summed E-state index contributed by atoms with van der Waals surface area (Å²) in [5.41, 5.74) is 0. The van der Waals surface area contributed by atoms with Gasteiger partial charge in [0.1, 0.15) is 0 Å². The molecule has 0 amide bonds. The van der Waals surface area contributed by atoms with E-state index in [1.165, 1.54) is 25.7 Å². The molecule has 1 rings (SSSR count). The van der Waals surface area contributed by atoms with Crippen LogP contribution in [0.1, 0.15) is 51.9 Å². The second-order valence-electron chi connectivity index (χ2n) is 4.27. The van der Waals surface area contributed by atoms with E-state index in [0.29, 0.717) is 6.42 Å². The molecule has 0 aliphatic heterocycles. The summed E-state index contributed by atoms with van der Waals surface area (Å²) in [7, 11) is 0. The molecule has 0 spiro atoms. The molecule has 78 valence electrons. The first-order chi connectivity index (χ1) is 6.24. The average molecular weight is 186 g/mol.